The Morgan fingerprint density at radius 3 is 2.70 bits per heavy atom. The highest BCUT2D eigenvalue weighted by atomic mass is 19.4. The lowest BCUT2D eigenvalue weighted by Gasteiger charge is -2.10. The molecule has 0 amide bonds. The van der Waals surface area contributed by atoms with Crippen LogP contribution in [0.3, 0.4) is 0 Å². The van der Waals surface area contributed by atoms with Crippen LogP contribution in [0.5, 0.6) is 0 Å². The molecule has 2 heterocycles. The molecule has 0 N–H and O–H groups in total. The second-order valence-corrected chi connectivity index (χ2v) is 5.34. The molecule has 0 aliphatic rings. The minimum Gasteiger partial charge on any atom is -0.443 e. The van der Waals surface area contributed by atoms with Gasteiger partial charge in [0.15, 0.2) is 0 Å². The van der Waals surface area contributed by atoms with Crippen LogP contribution in [0.2, 0.25) is 0 Å². The number of halogens is 3. The van der Waals surface area contributed by atoms with E-state index in [4.69, 9.17) is 4.42 Å². The highest BCUT2D eigenvalue weighted by Gasteiger charge is 2.30. The molecule has 0 aliphatic heterocycles. The predicted octanol–water partition coefficient (Wildman–Crippen LogP) is 3.67. The van der Waals surface area contributed by atoms with Gasteiger partial charge in [0.05, 0.1) is 12.1 Å². The smallest absolute Gasteiger partial charge is 0.416 e. The Balaban J connectivity index is 2.04. The van der Waals surface area contributed by atoms with Crippen molar-refractivity contribution in [3.8, 4) is 0 Å². The Morgan fingerprint density at radius 1 is 1.26 bits per heavy atom. The van der Waals surface area contributed by atoms with Gasteiger partial charge in [0.2, 0.25) is 5.71 Å². The van der Waals surface area contributed by atoms with Crippen molar-refractivity contribution in [3.63, 3.8) is 0 Å². The monoisotopic (exact) mass is 322 g/mol. The van der Waals surface area contributed by atoms with Crippen LogP contribution in [0.4, 0.5) is 13.2 Å². The van der Waals surface area contributed by atoms with Gasteiger partial charge < -0.3 is 4.42 Å². The maximum atomic E-state index is 12.8. The van der Waals surface area contributed by atoms with E-state index in [-0.39, 0.29) is 17.8 Å². The topological polar surface area (TPSA) is 48.0 Å². The van der Waals surface area contributed by atoms with E-state index in [0.29, 0.717) is 22.3 Å². The average Bonchev–Trinajstić information content (AvgIpc) is 2.77. The summed E-state index contributed by atoms with van der Waals surface area (Å²) in [5.74, 6) is 0.599. The average molecular weight is 322 g/mol. The summed E-state index contributed by atoms with van der Waals surface area (Å²) in [7, 11) is 0. The molecular weight excluding hydrogens is 309 g/mol. The highest BCUT2D eigenvalue weighted by molar-refractivity contribution is 5.77. The van der Waals surface area contributed by atoms with Crippen molar-refractivity contribution in [1.82, 2.24) is 9.55 Å². The number of aromatic nitrogens is 2. The molecule has 0 fully saturated rings. The molecular formula is C16H13F3N2O2. The number of alkyl halides is 3. The zero-order valence-electron chi connectivity index (χ0n) is 12.4. The molecule has 120 valence electrons. The van der Waals surface area contributed by atoms with Gasteiger partial charge in [0.1, 0.15) is 17.5 Å². The van der Waals surface area contributed by atoms with Crippen molar-refractivity contribution in [2.24, 2.45) is 0 Å². The molecule has 0 atom stereocenters. The van der Waals surface area contributed by atoms with Gasteiger partial charge in [-0.25, -0.2) is 4.98 Å². The second kappa shape index (κ2) is 5.26. The minimum atomic E-state index is -4.42. The quantitative estimate of drug-likeness (QED) is 0.723. The standard InChI is InChI=1S/C16H13F3N2O2/c1-9-10(2)23-14-13(9)15(22)21(8-20-14)7-11-4-3-5-12(6-11)16(17,18)19/h3-6,8H,7H2,1-2H3. The first-order valence-corrected chi connectivity index (χ1v) is 6.88. The number of fused-ring (bicyclic) bond motifs is 1. The minimum absolute atomic E-state index is 0.00929. The molecule has 0 aliphatic carbocycles. The van der Waals surface area contributed by atoms with E-state index in [1.165, 1.54) is 17.0 Å². The van der Waals surface area contributed by atoms with Gasteiger partial charge in [-0.3, -0.25) is 9.36 Å². The van der Waals surface area contributed by atoms with E-state index < -0.39 is 11.7 Å². The first-order chi connectivity index (χ1) is 10.8. The molecule has 4 nitrogen and oxygen atoms in total. The van der Waals surface area contributed by atoms with Crippen LogP contribution < -0.4 is 5.56 Å². The van der Waals surface area contributed by atoms with E-state index in [9.17, 15) is 18.0 Å². The van der Waals surface area contributed by atoms with E-state index in [2.05, 4.69) is 4.98 Å². The van der Waals surface area contributed by atoms with Crippen LogP contribution in [0.15, 0.2) is 39.8 Å². The Morgan fingerprint density at radius 2 is 2.00 bits per heavy atom. The van der Waals surface area contributed by atoms with Crippen molar-refractivity contribution in [3.05, 3.63) is 63.4 Å². The van der Waals surface area contributed by atoms with Gasteiger partial charge in [-0.1, -0.05) is 12.1 Å². The third-order valence-electron chi connectivity index (χ3n) is 3.76. The molecule has 23 heavy (non-hydrogen) atoms. The van der Waals surface area contributed by atoms with Crippen LogP contribution in [0.1, 0.15) is 22.5 Å². The van der Waals surface area contributed by atoms with Crippen molar-refractivity contribution in [2.75, 3.05) is 0 Å². The molecule has 1 aromatic carbocycles. The number of aryl methyl sites for hydroxylation is 2. The van der Waals surface area contributed by atoms with Crippen molar-refractivity contribution < 1.29 is 17.6 Å². The zero-order chi connectivity index (χ0) is 16.8. The van der Waals surface area contributed by atoms with Gasteiger partial charge in [-0.05, 0) is 31.5 Å². The van der Waals surface area contributed by atoms with Gasteiger partial charge in [0.25, 0.3) is 5.56 Å². The predicted molar refractivity (Wildman–Crippen MR) is 78.3 cm³/mol. The maximum Gasteiger partial charge on any atom is 0.416 e. The third-order valence-corrected chi connectivity index (χ3v) is 3.76. The largest absolute Gasteiger partial charge is 0.443 e. The molecule has 2 aromatic heterocycles. The molecule has 0 radical (unpaired) electrons. The van der Waals surface area contributed by atoms with E-state index in [1.807, 2.05) is 0 Å². The number of furan rings is 1. The molecule has 0 saturated carbocycles. The number of nitrogens with zero attached hydrogens (tertiary/aromatic N) is 2. The van der Waals surface area contributed by atoms with Crippen LogP contribution in [0, 0.1) is 13.8 Å². The first kappa shape index (κ1) is 15.3. The number of hydrogen-bond donors (Lipinski definition) is 0. The SMILES string of the molecule is Cc1oc2ncn(Cc3cccc(C(F)(F)F)c3)c(=O)c2c1C. The molecule has 3 rings (SSSR count). The molecule has 7 heteroatoms. The van der Waals surface area contributed by atoms with E-state index in [1.54, 1.807) is 19.9 Å². The summed E-state index contributed by atoms with van der Waals surface area (Å²) in [6.45, 7) is 3.49. The normalized spacial score (nSPS) is 12.0. The first-order valence-electron chi connectivity index (χ1n) is 6.88. The lowest BCUT2D eigenvalue weighted by atomic mass is 10.1. The van der Waals surface area contributed by atoms with Crippen molar-refractivity contribution in [1.29, 1.82) is 0 Å². The zero-order valence-corrected chi connectivity index (χ0v) is 12.4. The number of benzene rings is 1. The van der Waals surface area contributed by atoms with Gasteiger partial charge in [-0.2, -0.15) is 13.2 Å². The van der Waals surface area contributed by atoms with Gasteiger partial charge in [-0.15, -0.1) is 0 Å². The summed E-state index contributed by atoms with van der Waals surface area (Å²) in [5, 5.41) is 0.358. The Kier molecular flexibility index (Phi) is 3.50. The lowest BCUT2D eigenvalue weighted by Crippen LogP contribution is -2.21. The number of hydrogen-bond acceptors (Lipinski definition) is 3. The summed E-state index contributed by atoms with van der Waals surface area (Å²) in [6.07, 6.45) is -3.13. The van der Waals surface area contributed by atoms with E-state index in [0.717, 1.165) is 12.1 Å². The summed E-state index contributed by atoms with van der Waals surface area (Å²) in [6, 6.07) is 4.89. The lowest BCUT2D eigenvalue weighted by molar-refractivity contribution is -0.137. The fraction of sp³-hybridized carbons (Fsp3) is 0.250. The third kappa shape index (κ3) is 2.74. The van der Waals surface area contributed by atoms with Crippen LogP contribution >= 0.6 is 0 Å². The fourth-order valence-corrected chi connectivity index (χ4v) is 2.43. The van der Waals surface area contributed by atoms with Gasteiger partial charge >= 0.3 is 6.18 Å². The Hall–Kier alpha value is -2.57. The maximum absolute atomic E-state index is 12.8. The Labute approximate surface area is 129 Å². The van der Waals surface area contributed by atoms with Crippen LogP contribution in [-0.2, 0) is 12.7 Å². The van der Waals surface area contributed by atoms with Crippen molar-refractivity contribution in [2.45, 2.75) is 26.6 Å². The number of rotatable bonds is 2. The fourth-order valence-electron chi connectivity index (χ4n) is 2.43. The molecule has 0 saturated heterocycles. The highest BCUT2D eigenvalue weighted by Crippen LogP contribution is 2.29. The summed E-state index contributed by atoms with van der Waals surface area (Å²) < 4.78 is 44.9. The molecule has 3 aromatic rings. The molecule has 0 bridgehead atoms. The second-order valence-electron chi connectivity index (χ2n) is 5.34. The van der Waals surface area contributed by atoms with Gasteiger partial charge in [0, 0.05) is 5.56 Å². The van der Waals surface area contributed by atoms with E-state index >= 15 is 0 Å². The van der Waals surface area contributed by atoms with Crippen molar-refractivity contribution >= 4 is 11.1 Å². The van der Waals surface area contributed by atoms with Crippen LogP contribution in [0.25, 0.3) is 11.1 Å². The summed E-state index contributed by atoms with van der Waals surface area (Å²) in [5.41, 5.74) is 0.233. The molecule has 0 unspecified atom stereocenters. The van der Waals surface area contributed by atoms with Crippen LogP contribution in [-0.4, -0.2) is 9.55 Å². The Bertz CT molecular complexity index is 939. The summed E-state index contributed by atoms with van der Waals surface area (Å²) in [4.78, 5) is 16.6. The summed E-state index contributed by atoms with van der Waals surface area (Å²) >= 11 is 0. The molecule has 0 spiro atoms.